The molecule has 3 heteroatoms. The topological polar surface area (TPSA) is 9.23 Å². The van der Waals surface area contributed by atoms with E-state index in [0.717, 1.165) is 12.4 Å². The van der Waals surface area contributed by atoms with Gasteiger partial charge in [-0.25, -0.2) is 0 Å². The van der Waals surface area contributed by atoms with Gasteiger partial charge in [0.15, 0.2) is 9.76 Å². The average Bonchev–Trinajstić information content (AvgIpc) is 2.19. The molecule has 0 aliphatic rings. The highest BCUT2D eigenvalue weighted by molar-refractivity contribution is 7.80. The fourth-order valence-corrected chi connectivity index (χ4v) is 2.76. The molecule has 0 amide bonds. The van der Waals surface area contributed by atoms with Crippen molar-refractivity contribution in [3.05, 3.63) is 35.9 Å². The minimum atomic E-state index is -0.292. The number of rotatable bonds is 6. The summed E-state index contributed by atoms with van der Waals surface area (Å²) in [5.41, 5.74) is 1.28. The van der Waals surface area contributed by atoms with Gasteiger partial charge in [0.2, 0.25) is 0 Å². The number of hydrogen-bond acceptors (Lipinski definition) is 2. The maximum Gasteiger partial charge on any atom is 0.162 e. The molecular weight excluding hydrogens is 196 g/mol. The summed E-state index contributed by atoms with van der Waals surface area (Å²) in [5, 5.41) is 0. The van der Waals surface area contributed by atoms with Crippen molar-refractivity contribution >= 4 is 22.4 Å². The molecule has 0 radical (unpaired) electrons. The van der Waals surface area contributed by atoms with Crippen LogP contribution in [0.4, 0.5) is 0 Å². The van der Waals surface area contributed by atoms with E-state index in [4.69, 9.17) is 4.43 Å². The van der Waals surface area contributed by atoms with Crippen molar-refractivity contribution in [2.24, 2.45) is 0 Å². The van der Waals surface area contributed by atoms with E-state index in [-0.39, 0.29) is 9.76 Å². The van der Waals surface area contributed by atoms with Crippen LogP contribution in [-0.2, 0) is 11.0 Å². The predicted molar refractivity (Wildman–Crippen MR) is 63.1 cm³/mol. The lowest BCUT2D eigenvalue weighted by Crippen LogP contribution is -1.98. The summed E-state index contributed by atoms with van der Waals surface area (Å²) in [6, 6.07) is 11.6. The van der Waals surface area contributed by atoms with Gasteiger partial charge in [-0.15, -0.1) is 0 Å². The van der Waals surface area contributed by atoms with Crippen molar-refractivity contribution < 1.29 is 4.43 Å². The first-order valence-electron chi connectivity index (χ1n) is 4.66. The summed E-state index contributed by atoms with van der Waals surface area (Å²) in [6.07, 6.45) is 1.20. The molecule has 0 atom stereocenters. The van der Waals surface area contributed by atoms with Crippen LogP contribution in [0, 0.1) is 0 Å². The fraction of sp³-hybridized carbons (Fsp3) is 0.400. The molecule has 72 valence electrons. The van der Waals surface area contributed by atoms with Crippen LogP contribution in [-0.4, -0.2) is 15.5 Å². The lowest BCUT2D eigenvalue weighted by molar-refractivity contribution is 0.323. The largest absolute Gasteiger partial charge is 0.420 e. The first kappa shape index (κ1) is 10.8. The highest BCUT2D eigenvalue weighted by atomic mass is 32.1. The van der Waals surface area contributed by atoms with Crippen LogP contribution in [0.5, 0.6) is 0 Å². The van der Waals surface area contributed by atoms with E-state index in [1.54, 1.807) is 0 Å². The van der Waals surface area contributed by atoms with Gasteiger partial charge in [0.1, 0.15) is 0 Å². The Kier molecular flexibility index (Phi) is 5.98. The summed E-state index contributed by atoms with van der Waals surface area (Å²) in [4.78, 5) is 0. The maximum absolute atomic E-state index is 5.63. The van der Waals surface area contributed by atoms with Crippen LogP contribution in [0.1, 0.15) is 12.0 Å². The molecule has 1 rings (SSSR count). The van der Waals surface area contributed by atoms with Crippen molar-refractivity contribution in [3.63, 3.8) is 0 Å². The van der Waals surface area contributed by atoms with Crippen molar-refractivity contribution in [2.45, 2.75) is 19.1 Å². The van der Waals surface area contributed by atoms with E-state index < -0.39 is 0 Å². The Morgan fingerprint density at radius 2 is 2.00 bits per heavy atom. The molecule has 0 unspecified atom stereocenters. The third kappa shape index (κ3) is 5.13. The van der Waals surface area contributed by atoms with E-state index in [2.05, 4.69) is 24.8 Å². The Labute approximate surface area is 87.9 Å². The lowest BCUT2D eigenvalue weighted by atomic mass is 10.2. The predicted octanol–water partition coefficient (Wildman–Crippen LogP) is 2.03. The lowest BCUT2D eigenvalue weighted by Gasteiger charge is -2.02. The minimum absolute atomic E-state index is 0.292. The summed E-state index contributed by atoms with van der Waals surface area (Å²) in [6.45, 7) is 0.791. The van der Waals surface area contributed by atoms with E-state index >= 15 is 0 Å². The molecule has 0 N–H and O–H groups in total. The molecule has 0 aliphatic carbocycles. The minimum Gasteiger partial charge on any atom is -0.420 e. The van der Waals surface area contributed by atoms with Crippen LogP contribution in [0.25, 0.3) is 0 Å². The quantitative estimate of drug-likeness (QED) is 0.431. The van der Waals surface area contributed by atoms with Gasteiger partial charge >= 0.3 is 0 Å². The van der Waals surface area contributed by atoms with Crippen LogP contribution < -0.4 is 0 Å². The zero-order chi connectivity index (χ0) is 9.36. The molecule has 0 aliphatic heterocycles. The van der Waals surface area contributed by atoms with Crippen molar-refractivity contribution in [1.29, 1.82) is 0 Å². The van der Waals surface area contributed by atoms with Gasteiger partial charge in [-0.2, -0.15) is 12.6 Å². The first-order chi connectivity index (χ1) is 6.43. The Bertz CT molecular complexity index is 215. The van der Waals surface area contributed by atoms with Crippen LogP contribution in [0.2, 0.25) is 6.04 Å². The Balaban J connectivity index is 2.07. The normalized spacial score (nSPS) is 11.2. The zero-order valence-electron chi connectivity index (χ0n) is 7.78. The van der Waals surface area contributed by atoms with Gasteiger partial charge in [-0.05, 0) is 23.8 Å². The smallest absolute Gasteiger partial charge is 0.162 e. The van der Waals surface area contributed by atoms with Gasteiger partial charge in [0.25, 0.3) is 0 Å². The highest BCUT2D eigenvalue weighted by Gasteiger charge is 1.91. The van der Waals surface area contributed by atoms with Crippen LogP contribution in [0.15, 0.2) is 30.3 Å². The van der Waals surface area contributed by atoms with E-state index in [9.17, 15) is 0 Å². The summed E-state index contributed by atoms with van der Waals surface area (Å²) in [5.74, 6) is 0.988. The van der Waals surface area contributed by atoms with Gasteiger partial charge in [0, 0.05) is 0 Å². The molecule has 0 fully saturated rings. The summed E-state index contributed by atoms with van der Waals surface area (Å²) < 4.78 is 5.63. The van der Waals surface area contributed by atoms with Crippen molar-refractivity contribution in [2.75, 3.05) is 5.75 Å². The van der Waals surface area contributed by atoms with Gasteiger partial charge in [-0.3, -0.25) is 0 Å². The van der Waals surface area contributed by atoms with Crippen LogP contribution in [0.3, 0.4) is 0 Å². The molecular formula is C10H16OSSi. The number of benzene rings is 1. The summed E-state index contributed by atoms with van der Waals surface area (Å²) in [7, 11) is -0.292. The zero-order valence-corrected chi connectivity index (χ0v) is 10.1. The van der Waals surface area contributed by atoms with E-state index in [1.807, 2.05) is 18.2 Å². The molecule has 13 heavy (non-hydrogen) atoms. The summed E-state index contributed by atoms with van der Waals surface area (Å²) >= 11 is 4.16. The second-order valence-electron chi connectivity index (χ2n) is 2.97. The first-order valence-corrected chi connectivity index (χ1v) is 6.87. The van der Waals surface area contributed by atoms with Gasteiger partial charge in [-0.1, -0.05) is 30.3 Å². The molecule has 0 aromatic heterocycles. The molecule has 1 aromatic carbocycles. The van der Waals surface area contributed by atoms with Crippen molar-refractivity contribution in [1.82, 2.24) is 0 Å². The van der Waals surface area contributed by atoms with Gasteiger partial charge in [0.05, 0.1) is 6.61 Å². The Morgan fingerprint density at radius 3 is 2.69 bits per heavy atom. The second kappa shape index (κ2) is 7.18. The van der Waals surface area contributed by atoms with Crippen molar-refractivity contribution in [3.8, 4) is 0 Å². The number of hydrogen-bond donors (Lipinski definition) is 1. The van der Waals surface area contributed by atoms with Crippen LogP contribution >= 0.6 is 12.6 Å². The van der Waals surface area contributed by atoms with E-state index in [1.165, 1.54) is 18.0 Å². The molecule has 0 saturated carbocycles. The molecule has 1 aromatic rings. The molecule has 1 nitrogen and oxygen atoms in total. The second-order valence-corrected chi connectivity index (χ2v) is 4.94. The Morgan fingerprint density at radius 1 is 1.23 bits per heavy atom. The monoisotopic (exact) mass is 212 g/mol. The molecule has 0 bridgehead atoms. The third-order valence-corrected chi connectivity index (χ3v) is 3.41. The highest BCUT2D eigenvalue weighted by Crippen LogP contribution is 2.00. The SMILES string of the molecule is SCCC[SiH2]OCc1ccccc1. The number of thiol groups is 1. The molecule has 0 spiro atoms. The maximum atomic E-state index is 5.63. The Hall–Kier alpha value is -0.253. The van der Waals surface area contributed by atoms with E-state index in [0.29, 0.717) is 0 Å². The molecule has 0 saturated heterocycles. The van der Waals surface area contributed by atoms with Gasteiger partial charge < -0.3 is 4.43 Å². The standard InChI is InChI=1S/C10H16OSSi/c12-7-4-8-13-11-9-10-5-2-1-3-6-10/h1-3,5-6,12H,4,7-9,13H2. The molecule has 0 heterocycles. The third-order valence-electron chi connectivity index (χ3n) is 1.81. The fourth-order valence-electron chi connectivity index (χ4n) is 1.08. The average molecular weight is 212 g/mol.